The van der Waals surface area contributed by atoms with Crippen LogP contribution in [-0.2, 0) is 46.0 Å². The summed E-state index contributed by atoms with van der Waals surface area (Å²) in [5.41, 5.74) is 12.6. The van der Waals surface area contributed by atoms with Crippen molar-refractivity contribution in [3.8, 4) is 11.5 Å². The Morgan fingerprint density at radius 2 is 0.933 bits per heavy atom. The van der Waals surface area contributed by atoms with Gasteiger partial charge in [-0.25, -0.2) is 0 Å². The first-order valence-electron chi connectivity index (χ1n) is 23.0. The fourth-order valence-electron chi connectivity index (χ4n) is 9.97. The molecule has 60 heavy (non-hydrogen) atoms. The summed E-state index contributed by atoms with van der Waals surface area (Å²) in [6.45, 7) is 18.6. The molecule has 320 valence electrons. The zero-order chi connectivity index (χ0) is 42.7. The number of hydrogen-bond donors (Lipinski definition) is 2. The van der Waals surface area contributed by atoms with Crippen LogP contribution in [0.2, 0.25) is 0 Å². The lowest BCUT2D eigenvalue weighted by atomic mass is 9.70. The molecular formula is C56H72O2S2. The minimum Gasteiger partial charge on any atom is -0.507 e. The first kappa shape index (κ1) is 44.7. The van der Waals surface area contributed by atoms with Crippen molar-refractivity contribution in [3.63, 3.8) is 0 Å². The number of aryl methyl sites for hydroxylation is 2. The van der Waals surface area contributed by atoms with Gasteiger partial charge in [-0.2, -0.15) is 23.5 Å². The van der Waals surface area contributed by atoms with Gasteiger partial charge in [0, 0.05) is 33.1 Å². The number of allylic oxidation sites excluding steroid dienone is 2. The van der Waals surface area contributed by atoms with Gasteiger partial charge in [0.05, 0.1) is 0 Å². The summed E-state index contributed by atoms with van der Waals surface area (Å²) in [6, 6.07) is 26.9. The molecule has 0 bridgehead atoms. The SMILES string of the molecule is CC(C)(C)c1cc(CCC2(C)CC=Cc3ccccc32)c(O)c(CS[C@@H]2CCCCCC[C@H]2SCc2cc(C(C)(C)C)cc(CCC3(C)CC=Cc4ccccc43)c2O)c1. The van der Waals surface area contributed by atoms with E-state index in [0.29, 0.717) is 22.0 Å². The lowest BCUT2D eigenvalue weighted by Gasteiger charge is -2.34. The summed E-state index contributed by atoms with van der Waals surface area (Å²) < 4.78 is 0. The lowest BCUT2D eigenvalue weighted by molar-refractivity contribution is 0.421. The molecule has 0 aliphatic heterocycles. The van der Waals surface area contributed by atoms with Crippen LogP contribution in [0.4, 0.5) is 0 Å². The van der Waals surface area contributed by atoms with E-state index in [2.05, 4.69) is 176 Å². The second-order valence-electron chi connectivity index (χ2n) is 21.0. The number of hydrogen-bond acceptors (Lipinski definition) is 4. The van der Waals surface area contributed by atoms with Gasteiger partial charge in [-0.3, -0.25) is 0 Å². The summed E-state index contributed by atoms with van der Waals surface area (Å²) in [7, 11) is 0. The van der Waals surface area contributed by atoms with E-state index in [-0.39, 0.29) is 21.7 Å². The van der Waals surface area contributed by atoms with Crippen molar-refractivity contribution in [1.29, 1.82) is 0 Å². The number of benzene rings is 4. The van der Waals surface area contributed by atoms with Crippen LogP contribution in [-0.4, -0.2) is 20.7 Å². The molecule has 4 aromatic rings. The third kappa shape index (κ3) is 10.3. The van der Waals surface area contributed by atoms with Crippen LogP contribution in [0, 0.1) is 0 Å². The van der Waals surface area contributed by atoms with Crippen LogP contribution >= 0.6 is 23.5 Å². The molecule has 4 aromatic carbocycles. The molecule has 0 aromatic heterocycles. The Kier molecular flexibility index (Phi) is 13.8. The van der Waals surface area contributed by atoms with Crippen LogP contribution in [0.1, 0.15) is 175 Å². The molecular weight excluding hydrogens is 769 g/mol. The zero-order valence-electron chi connectivity index (χ0n) is 38.0. The maximum absolute atomic E-state index is 12.0. The van der Waals surface area contributed by atoms with Crippen LogP contribution in [0.5, 0.6) is 11.5 Å². The summed E-state index contributed by atoms with van der Waals surface area (Å²) >= 11 is 4.14. The van der Waals surface area contributed by atoms with Gasteiger partial charge in [0.25, 0.3) is 0 Å². The standard InChI is InChI=1S/C56H72O2S2/c1-53(2,3)45-33-41(27-31-55(7)29-17-21-39-19-13-15-23-47(39)55)51(57)43(35-45)37-59-49-25-11-9-10-12-26-50(49)60-38-44-36-46(54(4,5)6)34-42(52(44)58)28-32-56(8)30-18-22-40-20-14-16-24-48(40)56/h13-24,33-36,49-50,57-58H,9-12,25-32,37-38H2,1-8H3/t49-,50-,55?,56?/m1/s1. The van der Waals surface area contributed by atoms with Gasteiger partial charge in [-0.1, -0.05) is 178 Å². The predicted octanol–water partition coefficient (Wildman–Crippen LogP) is 15.6. The minimum absolute atomic E-state index is 0.0112. The molecule has 3 aliphatic carbocycles. The highest BCUT2D eigenvalue weighted by Gasteiger charge is 2.33. The molecule has 1 fully saturated rings. The minimum atomic E-state index is -0.0112. The fourth-order valence-corrected chi connectivity index (χ4v) is 13.0. The van der Waals surface area contributed by atoms with Crippen molar-refractivity contribution in [3.05, 3.63) is 141 Å². The topological polar surface area (TPSA) is 40.5 Å². The van der Waals surface area contributed by atoms with Gasteiger partial charge in [-0.15, -0.1) is 0 Å². The Labute approximate surface area is 372 Å². The van der Waals surface area contributed by atoms with E-state index < -0.39 is 0 Å². The smallest absolute Gasteiger partial charge is 0.122 e. The van der Waals surface area contributed by atoms with Crippen LogP contribution in [0.25, 0.3) is 12.2 Å². The van der Waals surface area contributed by atoms with E-state index in [1.807, 2.05) is 0 Å². The number of phenols is 2. The molecule has 7 rings (SSSR count). The molecule has 0 heterocycles. The van der Waals surface area contributed by atoms with Gasteiger partial charge in [0.15, 0.2) is 0 Å². The maximum Gasteiger partial charge on any atom is 0.122 e. The quantitative estimate of drug-likeness (QED) is 0.149. The van der Waals surface area contributed by atoms with Crippen molar-refractivity contribution in [2.45, 2.75) is 176 Å². The number of rotatable bonds is 12. The third-order valence-corrected chi connectivity index (χ3v) is 17.3. The van der Waals surface area contributed by atoms with Gasteiger partial charge in [-0.05, 0) is 118 Å². The van der Waals surface area contributed by atoms with Crippen molar-refractivity contribution in [2.24, 2.45) is 0 Å². The monoisotopic (exact) mass is 840 g/mol. The molecule has 1 saturated carbocycles. The van der Waals surface area contributed by atoms with E-state index in [1.54, 1.807) is 0 Å². The normalized spacial score (nSPS) is 23.1. The van der Waals surface area contributed by atoms with Crippen molar-refractivity contribution < 1.29 is 10.2 Å². The molecule has 2 unspecified atom stereocenters. The molecule has 4 heteroatoms. The Morgan fingerprint density at radius 3 is 1.33 bits per heavy atom. The molecule has 0 amide bonds. The van der Waals surface area contributed by atoms with Crippen molar-refractivity contribution in [2.75, 3.05) is 0 Å². The molecule has 0 saturated heterocycles. The van der Waals surface area contributed by atoms with Crippen LogP contribution in [0.3, 0.4) is 0 Å². The average Bonchev–Trinajstić information content (AvgIpc) is 3.20. The average molecular weight is 841 g/mol. The van der Waals surface area contributed by atoms with Gasteiger partial charge >= 0.3 is 0 Å². The molecule has 0 spiro atoms. The Bertz CT molecular complexity index is 2030. The highest BCUT2D eigenvalue weighted by molar-refractivity contribution is 8.03. The first-order chi connectivity index (χ1) is 28.5. The summed E-state index contributed by atoms with van der Waals surface area (Å²) in [4.78, 5) is 0. The summed E-state index contributed by atoms with van der Waals surface area (Å²) in [6.07, 6.45) is 22.5. The Balaban J connectivity index is 1.09. The van der Waals surface area contributed by atoms with Gasteiger partial charge in [0.2, 0.25) is 0 Å². The third-order valence-electron chi connectivity index (χ3n) is 14.2. The number of aromatic hydroxyl groups is 2. The van der Waals surface area contributed by atoms with Gasteiger partial charge in [0.1, 0.15) is 11.5 Å². The summed E-state index contributed by atoms with van der Waals surface area (Å²) in [5.74, 6) is 2.65. The van der Waals surface area contributed by atoms with Crippen LogP contribution in [0.15, 0.2) is 84.9 Å². The molecule has 4 atom stereocenters. The second-order valence-corrected chi connectivity index (χ2v) is 23.4. The van der Waals surface area contributed by atoms with Crippen LogP contribution < -0.4 is 0 Å². The zero-order valence-corrected chi connectivity index (χ0v) is 39.6. The van der Waals surface area contributed by atoms with Crippen molar-refractivity contribution in [1.82, 2.24) is 0 Å². The van der Waals surface area contributed by atoms with Crippen molar-refractivity contribution >= 4 is 35.7 Å². The fraction of sp³-hybridized carbons (Fsp3) is 0.500. The number of fused-ring (bicyclic) bond motifs is 2. The molecule has 3 aliphatic rings. The second kappa shape index (κ2) is 18.6. The Hall–Kier alpha value is -3.34. The largest absolute Gasteiger partial charge is 0.507 e. The van der Waals surface area contributed by atoms with E-state index in [9.17, 15) is 10.2 Å². The molecule has 2 nitrogen and oxygen atoms in total. The first-order valence-corrected chi connectivity index (χ1v) is 25.1. The number of phenolic OH excluding ortho intramolecular Hbond substituents is 2. The summed E-state index contributed by atoms with van der Waals surface area (Å²) in [5, 5.41) is 25.0. The highest BCUT2D eigenvalue weighted by atomic mass is 32.2. The number of thioether (sulfide) groups is 2. The maximum atomic E-state index is 12.0. The van der Waals surface area contributed by atoms with E-state index in [0.717, 1.165) is 72.3 Å². The van der Waals surface area contributed by atoms with E-state index in [4.69, 9.17) is 0 Å². The Morgan fingerprint density at radius 1 is 0.550 bits per heavy atom. The highest BCUT2D eigenvalue weighted by Crippen LogP contribution is 2.45. The molecule has 0 radical (unpaired) electrons. The lowest BCUT2D eigenvalue weighted by Crippen LogP contribution is -2.25. The van der Waals surface area contributed by atoms with E-state index in [1.165, 1.54) is 71.9 Å². The molecule has 2 N–H and O–H groups in total. The predicted molar refractivity (Wildman–Crippen MR) is 263 cm³/mol. The van der Waals surface area contributed by atoms with Gasteiger partial charge < -0.3 is 10.2 Å². The van der Waals surface area contributed by atoms with E-state index >= 15 is 0 Å².